The van der Waals surface area contributed by atoms with Crippen LogP contribution in [0.3, 0.4) is 0 Å². The molecule has 0 unspecified atom stereocenters. The van der Waals surface area contributed by atoms with Crippen LogP contribution in [0, 0.1) is 5.92 Å². The fourth-order valence-electron chi connectivity index (χ4n) is 1.65. The highest BCUT2D eigenvalue weighted by atomic mass is 32.2. The van der Waals surface area contributed by atoms with Crippen LogP contribution in [-0.2, 0) is 4.79 Å². The molecule has 2 fully saturated rings. The molecule has 1 saturated carbocycles. The Labute approximate surface area is 89.4 Å². The molecule has 0 aromatic rings. The van der Waals surface area contributed by atoms with Crippen molar-refractivity contribution in [3.05, 3.63) is 0 Å². The molecule has 1 aliphatic heterocycles. The van der Waals surface area contributed by atoms with Crippen LogP contribution in [0.25, 0.3) is 0 Å². The Kier molecular flexibility index (Phi) is 3.70. The van der Waals surface area contributed by atoms with Crippen molar-refractivity contribution >= 4 is 17.7 Å². The van der Waals surface area contributed by atoms with Crippen molar-refractivity contribution < 1.29 is 4.79 Å². The minimum atomic E-state index is 0.257. The molecule has 2 aliphatic rings. The van der Waals surface area contributed by atoms with Gasteiger partial charge in [-0.3, -0.25) is 4.79 Å². The highest BCUT2D eigenvalue weighted by Crippen LogP contribution is 2.28. The maximum absolute atomic E-state index is 11.3. The van der Waals surface area contributed by atoms with Crippen molar-refractivity contribution in [1.82, 2.24) is 10.6 Å². The van der Waals surface area contributed by atoms with E-state index in [0.29, 0.717) is 12.0 Å². The number of hydrogen-bond donors (Lipinski definition) is 2. The molecule has 2 N–H and O–H groups in total. The van der Waals surface area contributed by atoms with Crippen LogP contribution in [0.1, 0.15) is 19.3 Å². The van der Waals surface area contributed by atoms with E-state index in [1.165, 1.54) is 17.9 Å². The molecule has 0 spiro atoms. The summed E-state index contributed by atoms with van der Waals surface area (Å²) in [6.07, 6.45) is 3.47. The predicted octanol–water partition coefficient (Wildman–Crippen LogP) is 0.608. The quantitative estimate of drug-likeness (QED) is 0.659. The molecule has 4 heteroatoms. The number of thioether (sulfide) groups is 1. The summed E-state index contributed by atoms with van der Waals surface area (Å²) in [7, 11) is 0. The minimum absolute atomic E-state index is 0.257. The highest BCUT2D eigenvalue weighted by Gasteiger charge is 2.29. The first-order chi connectivity index (χ1) is 6.86. The average Bonchev–Trinajstić information content (AvgIpc) is 2.92. The highest BCUT2D eigenvalue weighted by molar-refractivity contribution is 7.99. The molecule has 0 aromatic carbocycles. The number of hydrogen-bond acceptors (Lipinski definition) is 3. The Morgan fingerprint density at radius 2 is 2.14 bits per heavy atom. The van der Waals surface area contributed by atoms with Gasteiger partial charge in [0.1, 0.15) is 0 Å². The Balaban J connectivity index is 1.48. The molecule has 0 bridgehead atoms. The van der Waals surface area contributed by atoms with Gasteiger partial charge in [-0.25, -0.2) is 0 Å². The van der Waals surface area contributed by atoms with Crippen LogP contribution in [0.4, 0.5) is 0 Å². The zero-order valence-corrected chi connectivity index (χ0v) is 9.24. The number of rotatable bonds is 5. The molecule has 1 amide bonds. The van der Waals surface area contributed by atoms with Crippen molar-refractivity contribution in [2.75, 3.05) is 24.6 Å². The average molecular weight is 214 g/mol. The van der Waals surface area contributed by atoms with Gasteiger partial charge >= 0.3 is 0 Å². The molecule has 1 saturated heterocycles. The molecule has 0 radical (unpaired) electrons. The van der Waals surface area contributed by atoms with Crippen LogP contribution in [0.5, 0.6) is 0 Å². The van der Waals surface area contributed by atoms with Gasteiger partial charge in [0.2, 0.25) is 5.91 Å². The zero-order valence-electron chi connectivity index (χ0n) is 8.42. The van der Waals surface area contributed by atoms with Gasteiger partial charge in [-0.2, -0.15) is 11.8 Å². The van der Waals surface area contributed by atoms with Gasteiger partial charge < -0.3 is 10.6 Å². The summed E-state index contributed by atoms with van der Waals surface area (Å²) in [5.41, 5.74) is 0. The Bertz CT molecular complexity index is 200. The van der Waals surface area contributed by atoms with Gasteiger partial charge in [-0.05, 0) is 25.0 Å². The monoisotopic (exact) mass is 214 g/mol. The summed E-state index contributed by atoms with van der Waals surface area (Å²) in [4.78, 5) is 11.3. The predicted molar refractivity (Wildman–Crippen MR) is 59.5 cm³/mol. The largest absolute Gasteiger partial charge is 0.355 e. The maximum Gasteiger partial charge on any atom is 0.223 e. The summed E-state index contributed by atoms with van der Waals surface area (Å²) in [6, 6.07) is 0.679. The Hall–Kier alpha value is -0.220. The van der Waals surface area contributed by atoms with Gasteiger partial charge in [0.15, 0.2) is 0 Å². The normalized spacial score (nSPS) is 26.4. The molecule has 80 valence electrons. The molecule has 1 heterocycles. The number of carbonyl (C=O) groups is 1. The number of amides is 1. The second-order valence-corrected chi connectivity index (χ2v) is 5.23. The third-order valence-corrected chi connectivity index (χ3v) is 3.90. The topological polar surface area (TPSA) is 41.1 Å². The molecule has 2 rings (SSSR count). The van der Waals surface area contributed by atoms with E-state index >= 15 is 0 Å². The molecule has 14 heavy (non-hydrogen) atoms. The van der Waals surface area contributed by atoms with E-state index in [1.807, 2.05) is 11.8 Å². The molecule has 0 aromatic heterocycles. The standard InChI is InChI=1S/C10H18N2OS/c13-10(8-1-2-8)12-5-4-11-9-3-6-14-7-9/h8-9,11H,1-7H2,(H,12,13)/t9-/m0/s1. The van der Waals surface area contributed by atoms with Crippen LogP contribution in [0.15, 0.2) is 0 Å². The van der Waals surface area contributed by atoms with Gasteiger partial charge in [0, 0.05) is 30.8 Å². The third-order valence-electron chi connectivity index (χ3n) is 2.74. The summed E-state index contributed by atoms with van der Waals surface area (Å²) >= 11 is 2.01. The maximum atomic E-state index is 11.3. The van der Waals surface area contributed by atoms with Crippen molar-refractivity contribution in [3.63, 3.8) is 0 Å². The summed E-state index contributed by atoms with van der Waals surface area (Å²) in [5, 5.41) is 6.42. The molecule has 3 nitrogen and oxygen atoms in total. The fourth-order valence-corrected chi connectivity index (χ4v) is 2.83. The zero-order chi connectivity index (χ0) is 9.80. The van der Waals surface area contributed by atoms with E-state index in [4.69, 9.17) is 0 Å². The fraction of sp³-hybridized carbons (Fsp3) is 0.900. The first-order valence-corrected chi connectivity index (χ1v) is 6.60. The molecule has 1 atom stereocenters. The van der Waals surface area contributed by atoms with Crippen LogP contribution < -0.4 is 10.6 Å². The molecular weight excluding hydrogens is 196 g/mol. The van der Waals surface area contributed by atoms with E-state index in [0.717, 1.165) is 25.9 Å². The first kappa shape index (κ1) is 10.3. The summed E-state index contributed by atoms with van der Waals surface area (Å²) in [6.45, 7) is 1.71. The molecular formula is C10H18N2OS. The lowest BCUT2D eigenvalue weighted by molar-refractivity contribution is -0.122. The summed E-state index contributed by atoms with van der Waals surface area (Å²) < 4.78 is 0. The number of carbonyl (C=O) groups excluding carboxylic acids is 1. The second kappa shape index (κ2) is 5.03. The van der Waals surface area contributed by atoms with Gasteiger partial charge in [-0.1, -0.05) is 0 Å². The lowest BCUT2D eigenvalue weighted by Gasteiger charge is -2.11. The van der Waals surface area contributed by atoms with Gasteiger partial charge in [0.05, 0.1) is 0 Å². The van der Waals surface area contributed by atoms with Crippen molar-refractivity contribution in [1.29, 1.82) is 0 Å². The lowest BCUT2D eigenvalue weighted by Crippen LogP contribution is -2.37. The Morgan fingerprint density at radius 1 is 1.29 bits per heavy atom. The van der Waals surface area contributed by atoms with Crippen molar-refractivity contribution in [2.45, 2.75) is 25.3 Å². The third kappa shape index (κ3) is 3.17. The second-order valence-electron chi connectivity index (χ2n) is 4.08. The van der Waals surface area contributed by atoms with E-state index in [2.05, 4.69) is 10.6 Å². The smallest absolute Gasteiger partial charge is 0.223 e. The van der Waals surface area contributed by atoms with Gasteiger partial charge in [0.25, 0.3) is 0 Å². The van der Waals surface area contributed by atoms with E-state index in [-0.39, 0.29) is 5.91 Å². The van der Waals surface area contributed by atoms with Crippen molar-refractivity contribution in [2.24, 2.45) is 5.92 Å². The number of nitrogens with one attached hydrogen (secondary N) is 2. The van der Waals surface area contributed by atoms with Gasteiger partial charge in [-0.15, -0.1) is 0 Å². The van der Waals surface area contributed by atoms with Crippen molar-refractivity contribution in [3.8, 4) is 0 Å². The lowest BCUT2D eigenvalue weighted by atomic mass is 10.2. The van der Waals surface area contributed by atoms with Crippen LogP contribution >= 0.6 is 11.8 Å². The Morgan fingerprint density at radius 3 is 2.79 bits per heavy atom. The van der Waals surface area contributed by atoms with Crippen LogP contribution in [-0.4, -0.2) is 36.5 Å². The van der Waals surface area contributed by atoms with E-state index in [1.54, 1.807) is 0 Å². The minimum Gasteiger partial charge on any atom is -0.355 e. The molecule has 1 aliphatic carbocycles. The SMILES string of the molecule is O=C(NCCN[C@H]1CCSC1)C1CC1. The summed E-state index contributed by atoms with van der Waals surface area (Å²) in [5.74, 6) is 3.12. The van der Waals surface area contributed by atoms with E-state index in [9.17, 15) is 4.79 Å². The van der Waals surface area contributed by atoms with E-state index < -0.39 is 0 Å². The first-order valence-electron chi connectivity index (χ1n) is 5.45. The van der Waals surface area contributed by atoms with Crippen LogP contribution in [0.2, 0.25) is 0 Å².